The standard InChI is InChI=1S/C39H42N2O7S/c1-25-35(24-49-34-18-16-33(17-19-34)41-26(2)43)47-39(48-38(25)29-14-12-27(23-42)13-15-29)32-9-4-8-31(21-32)30-7-3-6-28(20-30)22-40-36(44)10-5-11-37(45)46/h3-4,6-9,12-21,25,35,38-39,42H,5,10-11,22-24H2,1-2H3,(H,40,44)(H,41,43)(H,45,46)/t25-,35+,38+,39+/m0/s1. The van der Waals surface area contributed by atoms with Crippen LogP contribution in [0.5, 0.6) is 0 Å². The lowest BCUT2D eigenvalue weighted by Gasteiger charge is -2.41. The van der Waals surface area contributed by atoms with Gasteiger partial charge in [-0.3, -0.25) is 14.4 Å². The molecule has 10 heteroatoms. The third-order valence-corrected chi connectivity index (χ3v) is 9.52. The predicted molar refractivity (Wildman–Crippen MR) is 190 cm³/mol. The van der Waals surface area contributed by atoms with Crippen LogP contribution in [0, 0.1) is 5.92 Å². The van der Waals surface area contributed by atoms with Crippen molar-refractivity contribution in [1.82, 2.24) is 5.32 Å². The number of nitrogens with one attached hydrogen (secondary N) is 2. The summed E-state index contributed by atoms with van der Waals surface area (Å²) in [4.78, 5) is 35.4. The van der Waals surface area contributed by atoms with E-state index in [1.54, 1.807) is 11.8 Å². The molecule has 0 aromatic heterocycles. The summed E-state index contributed by atoms with van der Waals surface area (Å²) in [5, 5.41) is 24.1. The van der Waals surface area contributed by atoms with Crippen molar-refractivity contribution in [2.45, 2.75) is 69.7 Å². The van der Waals surface area contributed by atoms with Gasteiger partial charge in [0.25, 0.3) is 0 Å². The first-order chi connectivity index (χ1) is 23.7. The van der Waals surface area contributed by atoms with Crippen LogP contribution in [0.4, 0.5) is 5.69 Å². The summed E-state index contributed by atoms with van der Waals surface area (Å²) in [6.07, 6.45) is -0.570. The molecular formula is C39H42N2O7S. The highest BCUT2D eigenvalue weighted by atomic mass is 32.2. The van der Waals surface area contributed by atoms with E-state index in [1.807, 2.05) is 91.0 Å². The van der Waals surface area contributed by atoms with Gasteiger partial charge in [0.15, 0.2) is 6.29 Å². The molecule has 0 radical (unpaired) electrons. The molecule has 1 heterocycles. The smallest absolute Gasteiger partial charge is 0.303 e. The van der Waals surface area contributed by atoms with Crippen molar-refractivity contribution in [2.75, 3.05) is 11.1 Å². The highest BCUT2D eigenvalue weighted by Gasteiger charge is 2.38. The number of aliphatic carboxylic acids is 1. The van der Waals surface area contributed by atoms with Gasteiger partial charge in [-0.1, -0.05) is 67.6 Å². The molecule has 5 rings (SSSR count). The summed E-state index contributed by atoms with van der Waals surface area (Å²) >= 11 is 1.69. The topological polar surface area (TPSA) is 134 Å². The lowest BCUT2D eigenvalue weighted by Crippen LogP contribution is -2.38. The van der Waals surface area contributed by atoms with Gasteiger partial charge in [0.2, 0.25) is 11.8 Å². The normalized spacial score (nSPS) is 18.8. The van der Waals surface area contributed by atoms with E-state index in [2.05, 4.69) is 23.6 Å². The van der Waals surface area contributed by atoms with Crippen LogP contribution in [0.3, 0.4) is 0 Å². The number of anilines is 1. The number of rotatable bonds is 14. The average molecular weight is 683 g/mol. The van der Waals surface area contributed by atoms with Gasteiger partial charge in [-0.2, -0.15) is 0 Å². The zero-order valence-corrected chi connectivity index (χ0v) is 28.5. The first kappa shape index (κ1) is 35.8. The largest absolute Gasteiger partial charge is 0.481 e. The summed E-state index contributed by atoms with van der Waals surface area (Å²) < 4.78 is 13.4. The quantitative estimate of drug-likeness (QED) is 0.102. The van der Waals surface area contributed by atoms with Gasteiger partial charge in [-0.25, -0.2) is 0 Å². The second-order valence-corrected chi connectivity index (χ2v) is 13.3. The molecule has 0 unspecified atom stereocenters. The minimum absolute atomic E-state index is 0.0275. The molecule has 0 spiro atoms. The number of aliphatic hydroxyl groups is 1. The lowest BCUT2D eigenvalue weighted by atomic mass is 9.91. The van der Waals surface area contributed by atoms with Crippen LogP contribution >= 0.6 is 11.8 Å². The Balaban J connectivity index is 1.32. The highest BCUT2D eigenvalue weighted by Crippen LogP contribution is 2.43. The number of benzene rings is 4. The Labute approximate surface area is 291 Å². The molecule has 0 aliphatic carbocycles. The summed E-state index contributed by atoms with van der Waals surface area (Å²) in [7, 11) is 0. The number of thioether (sulfide) groups is 1. The fraction of sp³-hybridized carbons (Fsp3) is 0.308. The van der Waals surface area contributed by atoms with E-state index in [4.69, 9.17) is 14.6 Å². The van der Waals surface area contributed by atoms with Crippen LogP contribution in [-0.4, -0.2) is 39.9 Å². The first-order valence-electron chi connectivity index (χ1n) is 16.4. The molecule has 1 fully saturated rings. The second-order valence-electron chi connectivity index (χ2n) is 12.2. The fourth-order valence-electron chi connectivity index (χ4n) is 5.74. The average Bonchev–Trinajstić information content (AvgIpc) is 3.11. The molecule has 1 saturated heterocycles. The van der Waals surface area contributed by atoms with Crippen LogP contribution in [0.25, 0.3) is 11.1 Å². The maximum atomic E-state index is 12.2. The minimum atomic E-state index is -0.908. The Morgan fingerprint density at radius 3 is 2.22 bits per heavy atom. The van der Waals surface area contributed by atoms with Crippen LogP contribution in [0.15, 0.2) is 102 Å². The van der Waals surface area contributed by atoms with Crippen molar-refractivity contribution >= 4 is 35.2 Å². The van der Waals surface area contributed by atoms with Crippen molar-refractivity contribution in [3.8, 4) is 11.1 Å². The number of carbonyl (C=O) groups is 3. The second kappa shape index (κ2) is 17.3. The van der Waals surface area contributed by atoms with E-state index in [0.29, 0.717) is 18.7 Å². The Bertz CT molecular complexity index is 1730. The van der Waals surface area contributed by atoms with E-state index >= 15 is 0 Å². The van der Waals surface area contributed by atoms with Gasteiger partial charge < -0.3 is 30.3 Å². The highest BCUT2D eigenvalue weighted by molar-refractivity contribution is 7.99. The molecule has 1 aliphatic rings. The minimum Gasteiger partial charge on any atom is -0.481 e. The molecule has 4 aromatic rings. The van der Waals surface area contributed by atoms with E-state index in [-0.39, 0.29) is 49.4 Å². The van der Waals surface area contributed by atoms with E-state index in [0.717, 1.165) is 44.0 Å². The maximum absolute atomic E-state index is 12.2. The number of hydrogen-bond acceptors (Lipinski definition) is 7. The van der Waals surface area contributed by atoms with Gasteiger partial charge in [0, 0.05) is 54.1 Å². The number of carboxylic acids is 1. The third-order valence-electron chi connectivity index (χ3n) is 8.42. The molecule has 0 saturated carbocycles. The SMILES string of the molecule is CC(=O)Nc1ccc(SC[C@H]2O[C@@H](c3cccc(-c4cccc(CNC(=O)CCCC(=O)O)c4)c3)O[C@@H](c3ccc(CO)cc3)[C@H]2C)cc1. The molecule has 0 bridgehead atoms. The number of hydrogen-bond donors (Lipinski definition) is 4. The number of aliphatic hydroxyl groups excluding tert-OH is 1. The van der Waals surface area contributed by atoms with Gasteiger partial charge in [0.1, 0.15) is 0 Å². The predicted octanol–water partition coefficient (Wildman–Crippen LogP) is 7.26. The fourth-order valence-corrected chi connectivity index (χ4v) is 6.81. The molecule has 256 valence electrons. The molecule has 1 aliphatic heterocycles. The van der Waals surface area contributed by atoms with Crippen molar-refractivity contribution in [1.29, 1.82) is 0 Å². The van der Waals surface area contributed by atoms with Crippen molar-refractivity contribution in [3.05, 3.63) is 119 Å². The number of carboxylic acid groups (broad SMARTS) is 1. The zero-order chi connectivity index (χ0) is 34.8. The molecule has 4 aromatic carbocycles. The zero-order valence-electron chi connectivity index (χ0n) is 27.6. The third kappa shape index (κ3) is 10.3. The lowest BCUT2D eigenvalue weighted by molar-refractivity contribution is -0.268. The number of amides is 2. The number of carbonyl (C=O) groups excluding carboxylic acids is 2. The molecule has 49 heavy (non-hydrogen) atoms. The van der Waals surface area contributed by atoms with Crippen LogP contribution in [0.2, 0.25) is 0 Å². The maximum Gasteiger partial charge on any atom is 0.303 e. The Morgan fingerprint density at radius 2 is 1.53 bits per heavy atom. The van der Waals surface area contributed by atoms with Gasteiger partial charge >= 0.3 is 5.97 Å². The molecule has 2 amide bonds. The van der Waals surface area contributed by atoms with Crippen LogP contribution < -0.4 is 10.6 Å². The summed E-state index contributed by atoms with van der Waals surface area (Å²) in [5.74, 6) is -0.475. The Morgan fingerprint density at radius 1 is 0.816 bits per heavy atom. The molecule has 9 nitrogen and oxygen atoms in total. The van der Waals surface area contributed by atoms with Gasteiger partial charge in [-0.15, -0.1) is 11.8 Å². The molecular weight excluding hydrogens is 641 g/mol. The van der Waals surface area contributed by atoms with Crippen molar-refractivity contribution < 1.29 is 34.1 Å². The molecule has 4 atom stereocenters. The van der Waals surface area contributed by atoms with E-state index < -0.39 is 12.3 Å². The summed E-state index contributed by atoms with van der Waals surface area (Å²) in [5.41, 5.74) is 6.38. The monoisotopic (exact) mass is 682 g/mol. The van der Waals surface area contributed by atoms with Gasteiger partial charge in [-0.05, 0) is 70.6 Å². The summed E-state index contributed by atoms with van der Waals surface area (Å²) in [6, 6.07) is 31.6. The first-order valence-corrected chi connectivity index (χ1v) is 17.4. The summed E-state index contributed by atoms with van der Waals surface area (Å²) in [6.45, 7) is 3.94. The number of ether oxygens (including phenoxy) is 2. The van der Waals surface area contributed by atoms with Crippen LogP contribution in [0.1, 0.15) is 67.8 Å². The molecule has 4 N–H and O–H groups in total. The van der Waals surface area contributed by atoms with Crippen molar-refractivity contribution in [3.63, 3.8) is 0 Å². The van der Waals surface area contributed by atoms with Gasteiger partial charge in [0.05, 0.1) is 18.8 Å². The van der Waals surface area contributed by atoms with E-state index in [9.17, 15) is 19.5 Å². The van der Waals surface area contributed by atoms with Crippen LogP contribution in [-0.2, 0) is 37.0 Å². The van der Waals surface area contributed by atoms with E-state index in [1.165, 1.54) is 6.92 Å². The Hall–Kier alpha value is -4.48. The Kier molecular flexibility index (Phi) is 12.6. The van der Waals surface area contributed by atoms with Crippen molar-refractivity contribution in [2.24, 2.45) is 5.92 Å².